The summed E-state index contributed by atoms with van der Waals surface area (Å²) in [6.07, 6.45) is 1.76. The van der Waals surface area contributed by atoms with Crippen LogP contribution in [0.2, 0.25) is 0 Å². The van der Waals surface area contributed by atoms with E-state index in [0.29, 0.717) is 31.3 Å². The number of halogens is 1. The van der Waals surface area contributed by atoms with Gasteiger partial charge in [0.25, 0.3) is 0 Å². The molecule has 4 nitrogen and oxygen atoms in total. The average molecular weight is 372 g/mol. The SMILES string of the molecule is COCOC[C@H](C)[C@@H]1O[C@H](CI)C[C@H](OC)[C@H]1C. The summed E-state index contributed by atoms with van der Waals surface area (Å²) in [5.74, 6) is 0.744. The number of hydrogen-bond donors (Lipinski definition) is 0. The molecule has 0 bridgehead atoms. The lowest BCUT2D eigenvalue weighted by molar-refractivity contribution is -0.161. The molecule has 18 heavy (non-hydrogen) atoms. The fourth-order valence-electron chi connectivity index (χ4n) is 2.56. The molecule has 0 aliphatic carbocycles. The second-order valence-corrected chi connectivity index (χ2v) is 5.88. The Hall–Kier alpha value is 0.570. The van der Waals surface area contributed by atoms with Crippen LogP contribution in [-0.4, -0.2) is 50.4 Å². The zero-order valence-electron chi connectivity index (χ0n) is 11.7. The fourth-order valence-corrected chi connectivity index (χ4v) is 3.13. The van der Waals surface area contributed by atoms with Gasteiger partial charge >= 0.3 is 0 Å². The van der Waals surface area contributed by atoms with E-state index in [1.807, 2.05) is 0 Å². The van der Waals surface area contributed by atoms with Crippen LogP contribution in [-0.2, 0) is 18.9 Å². The molecule has 1 aliphatic heterocycles. The third kappa shape index (κ3) is 4.59. The molecule has 0 unspecified atom stereocenters. The molecule has 0 aromatic rings. The van der Waals surface area contributed by atoms with E-state index in [9.17, 15) is 0 Å². The maximum atomic E-state index is 6.16. The summed E-state index contributed by atoms with van der Waals surface area (Å²) in [6.45, 7) is 5.37. The van der Waals surface area contributed by atoms with Gasteiger partial charge in [0.1, 0.15) is 6.79 Å². The first-order valence-electron chi connectivity index (χ1n) is 6.44. The zero-order valence-corrected chi connectivity index (χ0v) is 13.9. The van der Waals surface area contributed by atoms with Crippen LogP contribution in [0.5, 0.6) is 0 Å². The van der Waals surface area contributed by atoms with Gasteiger partial charge in [-0.3, -0.25) is 0 Å². The monoisotopic (exact) mass is 372 g/mol. The van der Waals surface area contributed by atoms with E-state index in [1.165, 1.54) is 0 Å². The Kier molecular flexibility index (Phi) is 8.02. The second kappa shape index (κ2) is 8.68. The Morgan fingerprint density at radius 1 is 1.39 bits per heavy atom. The van der Waals surface area contributed by atoms with E-state index in [1.54, 1.807) is 14.2 Å². The van der Waals surface area contributed by atoms with Crippen molar-refractivity contribution in [3.8, 4) is 0 Å². The highest BCUT2D eigenvalue weighted by Crippen LogP contribution is 2.32. The molecule has 5 atom stereocenters. The quantitative estimate of drug-likeness (QED) is 0.298. The van der Waals surface area contributed by atoms with Crippen molar-refractivity contribution >= 4 is 22.6 Å². The van der Waals surface area contributed by atoms with Gasteiger partial charge in [0.05, 0.1) is 24.9 Å². The Morgan fingerprint density at radius 3 is 2.67 bits per heavy atom. The van der Waals surface area contributed by atoms with E-state index in [-0.39, 0.29) is 12.2 Å². The van der Waals surface area contributed by atoms with Gasteiger partial charge in [0, 0.05) is 36.9 Å². The van der Waals surface area contributed by atoms with Crippen LogP contribution in [0.3, 0.4) is 0 Å². The third-order valence-electron chi connectivity index (χ3n) is 3.57. The van der Waals surface area contributed by atoms with Crippen molar-refractivity contribution in [3.05, 3.63) is 0 Å². The first-order valence-corrected chi connectivity index (χ1v) is 7.97. The minimum atomic E-state index is 0.195. The number of alkyl halides is 1. The molecule has 0 amide bonds. The van der Waals surface area contributed by atoms with Crippen LogP contribution in [0.15, 0.2) is 0 Å². The van der Waals surface area contributed by atoms with Crippen molar-refractivity contribution < 1.29 is 18.9 Å². The van der Waals surface area contributed by atoms with Crippen LogP contribution < -0.4 is 0 Å². The summed E-state index contributed by atoms with van der Waals surface area (Å²) in [7, 11) is 3.43. The van der Waals surface area contributed by atoms with Crippen LogP contribution in [0.1, 0.15) is 20.3 Å². The Bertz CT molecular complexity index is 227. The average Bonchev–Trinajstić information content (AvgIpc) is 2.39. The lowest BCUT2D eigenvalue weighted by atomic mass is 9.84. The summed E-state index contributed by atoms with van der Waals surface area (Å²) in [5, 5.41) is 0. The Balaban J connectivity index is 2.54. The summed E-state index contributed by atoms with van der Waals surface area (Å²) in [5.41, 5.74) is 0. The molecule has 0 spiro atoms. The van der Waals surface area contributed by atoms with Crippen molar-refractivity contribution in [2.75, 3.05) is 32.0 Å². The second-order valence-electron chi connectivity index (χ2n) is 5.00. The van der Waals surface area contributed by atoms with E-state index in [0.717, 1.165) is 10.8 Å². The molecule has 0 N–H and O–H groups in total. The molecule has 1 saturated heterocycles. The largest absolute Gasteiger partial charge is 0.381 e. The van der Waals surface area contributed by atoms with Crippen molar-refractivity contribution in [1.82, 2.24) is 0 Å². The lowest BCUT2D eigenvalue weighted by Crippen LogP contribution is -2.48. The van der Waals surface area contributed by atoms with Gasteiger partial charge in [-0.25, -0.2) is 0 Å². The molecule has 5 heteroatoms. The summed E-state index contributed by atoms with van der Waals surface area (Å²) < 4.78 is 23.1. The van der Waals surface area contributed by atoms with E-state index >= 15 is 0 Å². The highest BCUT2D eigenvalue weighted by Gasteiger charge is 2.38. The van der Waals surface area contributed by atoms with Crippen LogP contribution in [0.25, 0.3) is 0 Å². The fraction of sp³-hybridized carbons (Fsp3) is 1.00. The van der Waals surface area contributed by atoms with Gasteiger partial charge in [-0.1, -0.05) is 36.4 Å². The molecule has 0 aromatic heterocycles. The molecular formula is C13H25IO4. The molecule has 0 aromatic carbocycles. The summed E-state index contributed by atoms with van der Waals surface area (Å²) in [4.78, 5) is 0. The van der Waals surface area contributed by atoms with E-state index < -0.39 is 0 Å². The summed E-state index contributed by atoms with van der Waals surface area (Å²) >= 11 is 2.38. The van der Waals surface area contributed by atoms with Crippen molar-refractivity contribution in [2.45, 2.75) is 38.6 Å². The molecule has 1 fully saturated rings. The van der Waals surface area contributed by atoms with E-state index in [2.05, 4.69) is 36.4 Å². The Labute approximate surface area is 124 Å². The van der Waals surface area contributed by atoms with Crippen LogP contribution in [0.4, 0.5) is 0 Å². The maximum Gasteiger partial charge on any atom is 0.146 e. The van der Waals surface area contributed by atoms with Crippen molar-refractivity contribution in [1.29, 1.82) is 0 Å². The zero-order chi connectivity index (χ0) is 13.5. The molecule has 1 rings (SSSR count). The lowest BCUT2D eigenvalue weighted by Gasteiger charge is -2.42. The Morgan fingerprint density at radius 2 is 2.11 bits per heavy atom. The van der Waals surface area contributed by atoms with Gasteiger partial charge in [-0.15, -0.1) is 0 Å². The molecule has 0 saturated carbocycles. The number of ether oxygens (including phenoxy) is 4. The molecule has 1 heterocycles. The molecule has 0 radical (unpaired) electrons. The first kappa shape index (κ1) is 16.6. The smallest absolute Gasteiger partial charge is 0.146 e. The predicted molar refractivity (Wildman–Crippen MR) is 79.1 cm³/mol. The predicted octanol–water partition coefficient (Wildman–Crippen LogP) is 2.49. The molecule has 1 aliphatic rings. The normalized spacial score (nSPS) is 34.5. The van der Waals surface area contributed by atoms with Gasteiger partial charge in [-0.2, -0.15) is 0 Å². The van der Waals surface area contributed by atoms with Crippen molar-refractivity contribution in [2.24, 2.45) is 11.8 Å². The molecular weight excluding hydrogens is 347 g/mol. The maximum absolute atomic E-state index is 6.16. The van der Waals surface area contributed by atoms with Gasteiger partial charge in [-0.05, 0) is 0 Å². The molecule has 108 valence electrons. The van der Waals surface area contributed by atoms with E-state index in [4.69, 9.17) is 18.9 Å². The topological polar surface area (TPSA) is 36.9 Å². The summed E-state index contributed by atoms with van der Waals surface area (Å²) in [6, 6.07) is 0. The van der Waals surface area contributed by atoms with Gasteiger partial charge in [0.2, 0.25) is 0 Å². The third-order valence-corrected chi connectivity index (χ3v) is 4.55. The minimum absolute atomic E-state index is 0.195. The highest BCUT2D eigenvalue weighted by atomic mass is 127. The standard InChI is InChI=1S/C13H25IO4/c1-9(7-17-8-15-3)13-10(2)12(16-4)5-11(6-14)18-13/h9-13H,5-8H2,1-4H3/t9-,10+,11-,12-,13-/m0/s1. The number of methoxy groups -OCH3 is 2. The van der Waals surface area contributed by atoms with Crippen LogP contribution >= 0.6 is 22.6 Å². The van der Waals surface area contributed by atoms with Gasteiger partial charge in [0.15, 0.2) is 0 Å². The first-order chi connectivity index (χ1) is 8.63. The number of rotatable bonds is 7. The number of hydrogen-bond acceptors (Lipinski definition) is 4. The van der Waals surface area contributed by atoms with Crippen molar-refractivity contribution in [3.63, 3.8) is 0 Å². The van der Waals surface area contributed by atoms with Crippen LogP contribution in [0, 0.1) is 11.8 Å². The minimum Gasteiger partial charge on any atom is -0.381 e. The van der Waals surface area contributed by atoms with Gasteiger partial charge < -0.3 is 18.9 Å². The highest BCUT2D eigenvalue weighted by molar-refractivity contribution is 14.1.